The summed E-state index contributed by atoms with van der Waals surface area (Å²) >= 11 is 1.87. The number of nitrogens with zero attached hydrogens (tertiary/aromatic N) is 1. The Bertz CT molecular complexity index is 203. The van der Waals surface area contributed by atoms with Crippen molar-refractivity contribution in [3.05, 3.63) is 11.0 Å². The number of hydrogen-bond acceptors (Lipinski definition) is 2. The maximum Gasteiger partial charge on any atom is 0.0920 e. The molecule has 0 aliphatic rings. The summed E-state index contributed by atoms with van der Waals surface area (Å²) in [5, 5.41) is 8.66. The zero-order valence-corrected chi connectivity index (χ0v) is 10.9. The lowest BCUT2D eigenvalue weighted by Crippen LogP contribution is -1.84. The van der Waals surface area contributed by atoms with Crippen LogP contribution in [0.5, 0.6) is 0 Å². The number of rotatable bonds is 9. The predicted molar refractivity (Wildman–Crippen MR) is 69.8 cm³/mol. The topological polar surface area (TPSA) is 23.8 Å². The van der Waals surface area contributed by atoms with E-state index in [2.05, 4.69) is 19.9 Å². The third-order valence-electron chi connectivity index (χ3n) is 2.29. The molecule has 0 atom stereocenters. The highest BCUT2D eigenvalue weighted by Crippen LogP contribution is 2.23. The van der Waals surface area contributed by atoms with Crippen LogP contribution in [0.3, 0.4) is 0 Å². The van der Waals surface area contributed by atoms with Gasteiger partial charge in [0.15, 0.2) is 0 Å². The van der Waals surface area contributed by atoms with Gasteiger partial charge in [0.05, 0.1) is 6.07 Å². The summed E-state index contributed by atoms with van der Waals surface area (Å²) in [6, 6.07) is 2.15. The van der Waals surface area contributed by atoms with Crippen molar-refractivity contribution in [2.24, 2.45) is 0 Å². The summed E-state index contributed by atoms with van der Waals surface area (Å²) in [7, 11) is 0. The Morgan fingerprint density at radius 2 is 1.87 bits per heavy atom. The average molecular weight is 225 g/mol. The van der Waals surface area contributed by atoms with Crippen molar-refractivity contribution in [2.45, 2.75) is 58.8 Å². The number of hydrogen-bond donors (Lipinski definition) is 0. The average Bonchev–Trinajstić information content (AvgIpc) is 2.24. The second kappa shape index (κ2) is 11.7. The van der Waals surface area contributed by atoms with Crippen LogP contribution >= 0.6 is 11.8 Å². The van der Waals surface area contributed by atoms with Crippen molar-refractivity contribution < 1.29 is 0 Å². The minimum atomic E-state index is 1.10. The fourth-order valence-electron chi connectivity index (χ4n) is 1.33. The molecule has 15 heavy (non-hydrogen) atoms. The molecule has 0 heterocycles. The van der Waals surface area contributed by atoms with Crippen molar-refractivity contribution in [3.8, 4) is 6.07 Å². The second-order valence-electron chi connectivity index (χ2n) is 3.75. The van der Waals surface area contributed by atoms with Gasteiger partial charge in [-0.3, -0.25) is 0 Å². The van der Waals surface area contributed by atoms with Gasteiger partial charge in [-0.05, 0) is 29.9 Å². The molecule has 0 fully saturated rings. The first kappa shape index (κ1) is 14.6. The van der Waals surface area contributed by atoms with E-state index < -0.39 is 0 Å². The molecule has 0 bridgehead atoms. The first-order valence-corrected chi connectivity index (χ1v) is 7.05. The van der Waals surface area contributed by atoms with E-state index in [0.717, 1.165) is 12.2 Å². The third kappa shape index (κ3) is 9.87. The van der Waals surface area contributed by atoms with Gasteiger partial charge in [-0.1, -0.05) is 39.5 Å². The van der Waals surface area contributed by atoms with Crippen LogP contribution < -0.4 is 0 Å². The Labute approximate surface area is 98.9 Å². The molecule has 2 heteroatoms. The molecule has 1 nitrogen and oxygen atoms in total. The number of unbranched alkanes of at least 4 members (excludes halogenated alkanes) is 4. The number of thioether (sulfide) groups is 1. The Morgan fingerprint density at radius 3 is 2.47 bits per heavy atom. The minimum Gasteiger partial charge on any atom is -0.193 e. The van der Waals surface area contributed by atoms with Crippen LogP contribution in [0.15, 0.2) is 11.0 Å². The van der Waals surface area contributed by atoms with E-state index in [4.69, 9.17) is 5.26 Å². The van der Waals surface area contributed by atoms with Crippen molar-refractivity contribution in [2.75, 3.05) is 5.75 Å². The standard InChI is InChI=1S/C13H23NS/c1-3-5-7-8-9-13(10-11-14)15-12-6-4-2/h10H,3-9,12H2,1-2H3/b13-10-. The maximum atomic E-state index is 8.66. The molecule has 0 unspecified atom stereocenters. The highest BCUT2D eigenvalue weighted by Gasteiger charge is 1.98. The fourth-order valence-corrected chi connectivity index (χ4v) is 2.45. The quantitative estimate of drug-likeness (QED) is 0.412. The van der Waals surface area contributed by atoms with Crippen LogP contribution in [0, 0.1) is 11.3 Å². The van der Waals surface area contributed by atoms with Crippen molar-refractivity contribution in [1.82, 2.24) is 0 Å². The monoisotopic (exact) mass is 225 g/mol. The van der Waals surface area contributed by atoms with E-state index in [1.165, 1.54) is 43.4 Å². The molecule has 0 aromatic rings. The Balaban J connectivity index is 3.66. The Hall–Kier alpha value is -0.420. The van der Waals surface area contributed by atoms with Gasteiger partial charge in [-0.2, -0.15) is 5.26 Å². The van der Waals surface area contributed by atoms with E-state index in [-0.39, 0.29) is 0 Å². The summed E-state index contributed by atoms with van der Waals surface area (Å²) in [4.78, 5) is 1.28. The molecule has 0 N–H and O–H groups in total. The van der Waals surface area contributed by atoms with Crippen LogP contribution in [0.4, 0.5) is 0 Å². The molecule has 0 aromatic carbocycles. The molecule has 86 valence electrons. The summed E-state index contributed by atoms with van der Waals surface area (Å²) in [5.74, 6) is 1.16. The zero-order valence-electron chi connectivity index (χ0n) is 10.1. The summed E-state index contributed by atoms with van der Waals surface area (Å²) in [5.41, 5.74) is 0. The van der Waals surface area contributed by atoms with Crippen molar-refractivity contribution in [3.63, 3.8) is 0 Å². The van der Waals surface area contributed by atoms with Crippen LogP contribution in [0.25, 0.3) is 0 Å². The number of nitriles is 1. The number of allylic oxidation sites excluding steroid dienone is 2. The second-order valence-corrected chi connectivity index (χ2v) is 4.97. The van der Waals surface area contributed by atoms with E-state index in [0.29, 0.717) is 0 Å². The molecular formula is C13H23NS. The highest BCUT2D eigenvalue weighted by atomic mass is 32.2. The highest BCUT2D eigenvalue weighted by molar-refractivity contribution is 8.03. The van der Waals surface area contributed by atoms with Gasteiger partial charge in [-0.15, -0.1) is 11.8 Å². The van der Waals surface area contributed by atoms with E-state index >= 15 is 0 Å². The van der Waals surface area contributed by atoms with Crippen LogP contribution in [-0.4, -0.2) is 5.75 Å². The van der Waals surface area contributed by atoms with E-state index in [1.54, 1.807) is 6.08 Å². The van der Waals surface area contributed by atoms with Crippen LogP contribution in [-0.2, 0) is 0 Å². The van der Waals surface area contributed by atoms with E-state index in [9.17, 15) is 0 Å². The summed E-state index contributed by atoms with van der Waals surface area (Å²) in [6.45, 7) is 4.43. The first-order chi connectivity index (χ1) is 7.35. The summed E-state index contributed by atoms with van der Waals surface area (Å²) in [6.07, 6.45) is 10.5. The van der Waals surface area contributed by atoms with Crippen LogP contribution in [0.2, 0.25) is 0 Å². The SMILES string of the molecule is CCCCCC/C(=C/C#N)SCCCC. The Kier molecular flexibility index (Phi) is 11.3. The molecule has 0 spiro atoms. The lowest BCUT2D eigenvalue weighted by molar-refractivity contribution is 0.672. The van der Waals surface area contributed by atoms with Gasteiger partial charge in [0.25, 0.3) is 0 Å². The fraction of sp³-hybridized carbons (Fsp3) is 0.769. The first-order valence-electron chi connectivity index (χ1n) is 6.06. The molecule has 0 saturated carbocycles. The largest absolute Gasteiger partial charge is 0.193 e. The van der Waals surface area contributed by atoms with Gasteiger partial charge < -0.3 is 0 Å². The molecule has 0 aliphatic heterocycles. The zero-order chi connectivity index (χ0) is 11.4. The predicted octanol–water partition coefficient (Wildman–Crippen LogP) is 4.90. The maximum absolute atomic E-state index is 8.66. The van der Waals surface area contributed by atoms with Gasteiger partial charge in [0.2, 0.25) is 0 Å². The molecule has 0 radical (unpaired) electrons. The molecule has 0 amide bonds. The minimum absolute atomic E-state index is 1.10. The van der Waals surface area contributed by atoms with Gasteiger partial charge in [0.1, 0.15) is 0 Å². The Morgan fingerprint density at radius 1 is 1.13 bits per heavy atom. The molecule has 0 aliphatic carbocycles. The van der Waals surface area contributed by atoms with Crippen molar-refractivity contribution in [1.29, 1.82) is 5.26 Å². The van der Waals surface area contributed by atoms with Gasteiger partial charge >= 0.3 is 0 Å². The smallest absolute Gasteiger partial charge is 0.0920 e. The molecule has 0 aromatic heterocycles. The van der Waals surface area contributed by atoms with E-state index in [1.807, 2.05) is 11.8 Å². The normalized spacial score (nSPS) is 11.4. The molecular weight excluding hydrogens is 202 g/mol. The van der Waals surface area contributed by atoms with Crippen molar-refractivity contribution >= 4 is 11.8 Å². The van der Waals surface area contributed by atoms with Crippen LogP contribution in [0.1, 0.15) is 58.8 Å². The third-order valence-corrected chi connectivity index (χ3v) is 3.47. The lowest BCUT2D eigenvalue weighted by atomic mass is 10.1. The molecule has 0 saturated heterocycles. The van der Waals surface area contributed by atoms with Gasteiger partial charge in [0, 0.05) is 6.08 Å². The lowest BCUT2D eigenvalue weighted by Gasteiger charge is -2.05. The molecule has 0 rings (SSSR count). The van der Waals surface area contributed by atoms with Gasteiger partial charge in [-0.25, -0.2) is 0 Å². The summed E-state index contributed by atoms with van der Waals surface area (Å²) < 4.78 is 0.